The van der Waals surface area contributed by atoms with Crippen molar-refractivity contribution < 1.29 is 13.2 Å². The molecule has 2 aromatic heterocycles. The molecule has 1 atom stereocenters. The van der Waals surface area contributed by atoms with Crippen LogP contribution in [0.4, 0.5) is 18.3 Å². The Hall–Kier alpha value is -2.09. The summed E-state index contributed by atoms with van der Waals surface area (Å²) in [5, 5.41) is 3.83. The molecule has 0 fully saturated rings. The van der Waals surface area contributed by atoms with E-state index in [4.69, 9.17) is 0 Å². The predicted molar refractivity (Wildman–Crippen MR) is 84.5 cm³/mol. The molecule has 0 aliphatic carbocycles. The molecule has 0 bridgehead atoms. The summed E-state index contributed by atoms with van der Waals surface area (Å²) in [6.07, 6.45) is 1.04. The van der Waals surface area contributed by atoms with E-state index in [1.54, 1.807) is 12.5 Å². The Labute approximate surface area is 135 Å². The molecule has 0 amide bonds. The molecule has 3 aromatic rings. The van der Waals surface area contributed by atoms with Crippen molar-refractivity contribution in [2.24, 2.45) is 5.92 Å². The Morgan fingerprint density at radius 1 is 1.35 bits per heavy atom. The van der Waals surface area contributed by atoms with Crippen LogP contribution in [0.2, 0.25) is 0 Å². The van der Waals surface area contributed by atoms with E-state index in [1.165, 1.54) is 17.4 Å². The number of benzene rings is 1. The Kier molecular flexibility index (Phi) is 4.25. The van der Waals surface area contributed by atoms with Gasteiger partial charge in [-0.25, -0.2) is 9.97 Å². The van der Waals surface area contributed by atoms with E-state index in [9.17, 15) is 13.2 Å². The number of hydrogen-bond donors (Lipinski definition) is 1. The van der Waals surface area contributed by atoms with Gasteiger partial charge in [0.2, 0.25) is 0 Å². The fourth-order valence-electron chi connectivity index (χ4n) is 2.26. The van der Waals surface area contributed by atoms with Crippen LogP contribution in [-0.2, 0) is 12.7 Å². The first-order chi connectivity index (χ1) is 10.9. The van der Waals surface area contributed by atoms with Crippen molar-refractivity contribution in [3.8, 4) is 0 Å². The van der Waals surface area contributed by atoms with Crippen LogP contribution < -0.4 is 5.32 Å². The van der Waals surface area contributed by atoms with Gasteiger partial charge in [0.25, 0.3) is 0 Å². The standard InChI is InChI=1S/C15H15F3N4S/c1-10(8-22-5-4-19-9-22)7-20-14-21-12-6-11(15(16,17)18)2-3-13(12)23-14/h2-6,9-10H,7-8H2,1H3,(H,20,21). The quantitative estimate of drug-likeness (QED) is 0.755. The molecular weight excluding hydrogens is 325 g/mol. The molecule has 1 N–H and O–H groups in total. The monoisotopic (exact) mass is 340 g/mol. The van der Waals surface area contributed by atoms with Crippen molar-refractivity contribution in [3.05, 3.63) is 42.5 Å². The first kappa shape index (κ1) is 15.8. The Balaban J connectivity index is 1.66. The average molecular weight is 340 g/mol. The highest BCUT2D eigenvalue weighted by atomic mass is 32.1. The SMILES string of the molecule is CC(CNc1nc2cc(C(F)(F)F)ccc2s1)Cn1ccnc1. The number of anilines is 1. The molecule has 0 saturated carbocycles. The van der Waals surface area contributed by atoms with Crippen LogP contribution in [0.15, 0.2) is 36.9 Å². The molecule has 0 radical (unpaired) electrons. The summed E-state index contributed by atoms with van der Waals surface area (Å²) in [7, 11) is 0. The van der Waals surface area contributed by atoms with Crippen molar-refractivity contribution in [1.29, 1.82) is 0 Å². The first-order valence-corrected chi connectivity index (χ1v) is 7.91. The van der Waals surface area contributed by atoms with E-state index in [0.717, 1.165) is 23.4 Å². The molecule has 4 nitrogen and oxygen atoms in total. The van der Waals surface area contributed by atoms with E-state index in [1.807, 2.05) is 10.8 Å². The topological polar surface area (TPSA) is 42.7 Å². The third kappa shape index (κ3) is 3.82. The molecule has 0 aliphatic rings. The molecule has 1 unspecified atom stereocenters. The zero-order valence-electron chi connectivity index (χ0n) is 12.3. The van der Waals surface area contributed by atoms with Crippen LogP contribution in [0.1, 0.15) is 12.5 Å². The van der Waals surface area contributed by atoms with Gasteiger partial charge in [-0.15, -0.1) is 0 Å². The lowest BCUT2D eigenvalue weighted by molar-refractivity contribution is -0.137. The predicted octanol–water partition coefficient (Wildman–Crippen LogP) is 4.26. The highest BCUT2D eigenvalue weighted by Gasteiger charge is 2.30. The van der Waals surface area contributed by atoms with Crippen LogP contribution >= 0.6 is 11.3 Å². The van der Waals surface area contributed by atoms with Gasteiger partial charge in [-0.3, -0.25) is 0 Å². The minimum atomic E-state index is -4.34. The molecule has 23 heavy (non-hydrogen) atoms. The van der Waals surface area contributed by atoms with Crippen molar-refractivity contribution >= 4 is 26.7 Å². The van der Waals surface area contributed by atoms with Gasteiger partial charge in [0.05, 0.1) is 22.1 Å². The number of nitrogens with one attached hydrogen (secondary N) is 1. The lowest BCUT2D eigenvalue weighted by Gasteiger charge is -2.12. The van der Waals surface area contributed by atoms with Crippen molar-refractivity contribution in [2.45, 2.75) is 19.6 Å². The Morgan fingerprint density at radius 3 is 2.87 bits per heavy atom. The van der Waals surface area contributed by atoms with Crippen LogP contribution in [0.25, 0.3) is 10.2 Å². The molecule has 0 saturated heterocycles. The fraction of sp³-hybridized carbons (Fsp3) is 0.333. The number of alkyl halides is 3. The molecule has 8 heteroatoms. The largest absolute Gasteiger partial charge is 0.416 e. The number of nitrogens with zero attached hydrogens (tertiary/aromatic N) is 3. The maximum absolute atomic E-state index is 12.7. The summed E-state index contributed by atoms with van der Waals surface area (Å²) in [6.45, 7) is 3.59. The second kappa shape index (κ2) is 6.19. The van der Waals surface area contributed by atoms with Crippen molar-refractivity contribution in [1.82, 2.24) is 14.5 Å². The van der Waals surface area contributed by atoms with E-state index < -0.39 is 11.7 Å². The molecule has 122 valence electrons. The summed E-state index contributed by atoms with van der Waals surface area (Å²) >= 11 is 1.36. The smallest absolute Gasteiger partial charge is 0.361 e. The molecule has 1 aromatic carbocycles. The summed E-state index contributed by atoms with van der Waals surface area (Å²) in [5.41, 5.74) is -0.301. The minimum absolute atomic E-state index is 0.335. The van der Waals surface area contributed by atoms with Crippen molar-refractivity contribution in [2.75, 3.05) is 11.9 Å². The molecule has 0 spiro atoms. The summed E-state index contributed by atoms with van der Waals surface area (Å²) in [4.78, 5) is 8.23. The van der Waals surface area contributed by atoms with Gasteiger partial charge in [-0.05, 0) is 24.1 Å². The second-order valence-electron chi connectivity index (χ2n) is 5.44. The molecule has 3 rings (SSSR count). The van der Waals surface area contributed by atoms with Crippen LogP contribution in [0.3, 0.4) is 0 Å². The zero-order chi connectivity index (χ0) is 16.4. The first-order valence-electron chi connectivity index (χ1n) is 7.09. The van der Waals surface area contributed by atoms with Gasteiger partial charge in [-0.1, -0.05) is 18.3 Å². The van der Waals surface area contributed by atoms with E-state index in [0.29, 0.717) is 23.1 Å². The van der Waals surface area contributed by atoms with E-state index in [-0.39, 0.29) is 0 Å². The second-order valence-corrected chi connectivity index (χ2v) is 6.48. The minimum Gasteiger partial charge on any atom is -0.361 e. The lowest BCUT2D eigenvalue weighted by atomic mass is 10.2. The lowest BCUT2D eigenvalue weighted by Crippen LogP contribution is -2.16. The van der Waals surface area contributed by atoms with Gasteiger partial charge in [0.15, 0.2) is 5.13 Å². The molecular formula is C15H15F3N4S. The highest BCUT2D eigenvalue weighted by Crippen LogP contribution is 2.33. The Morgan fingerprint density at radius 2 is 2.17 bits per heavy atom. The molecule has 0 aliphatic heterocycles. The summed E-state index contributed by atoms with van der Waals surface area (Å²) in [5.74, 6) is 0.335. The van der Waals surface area contributed by atoms with Crippen molar-refractivity contribution in [3.63, 3.8) is 0 Å². The number of halogens is 3. The summed E-state index contributed by atoms with van der Waals surface area (Å²) < 4.78 is 40.9. The fourth-order valence-corrected chi connectivity index (χ4v) is 3.11. The van der Waals surface area contributed by atoms with Gasteiger partial charge in [0, 0.05) is 25.5 Å². The maximum atomic E-state index is 12.7. The molecule has 2 heterocycles. The van der Waals surface area contributed by atoms with Gasteiger partial charge in [0.1, 0.15) is 0 Å². The number of fused-ring (bicyclic) bond motifs is 1. The van der Waals surface area contributed by atoms with Crippen LogP contribution in [0, 0.1) is 5.92 Å². The third-order valence-corrected chi connectivity index (χ3v) is 4.39. The Bertz CT molecular complexity index is 780. The number of imidazole rings is 1. The van der Waals surface area contributed by atoms with E-state index >= 15 is 0 Å². The normalized spacial score (nSPS) is 13.4. The van der Waals surface area contributed by atoms with Gasteiger partial charge < -0.3 is 9.88 Å². The number of aromatic nitrogens is 3. The van der Waals surface area contributed by atoms with Gasteiger partial charge in [-0.2, -0.15) is 13.2 Å². The average Bonchev–Trinajstić information content (AvgIpc) is 3.11. The maximum Gasteiger partial charge on any atom is 0.416 e. The third-order valence-electron chi connectivity index (χ3n) is 3.40. The van der Waals surface area contributed by atoms with Gasteiger partial charge >= 0.3 is 6.18 Å². The van der Waals surface area contributed by atoms with Crippen LogP contribution in [-0.4, -0.2) is 21.1 Å². The number of rotatable bonds is 5. The highest BCUT2D eigenvalue weighted by molar-refractivity contribution is 7.22. The van der Waals surface area contributed by atoms with E-state index in [2.05, 4.69) is 22.2 Å². The number of hydrogen-bond acceptors (Lipinski definition) is 4. The summed E-state index contributed by atoms with van der Waals surface area (Å²) in [6, 6.07) is 3.65. The zero-order valence-corrected chi connectivity index (χ0v) is 13.2. The number of thiazole rings is 1. The van der Waals surface area contributed by atoms with Crippen LogP contribution in [0.5, 0.6) is 0 Å².